The van der Waals surface area contributed by atoms with Gasteiger partial charge in [0.1, 0.15) is 0 Å². The normalized spacial score (nSPS) is 10.8. The van der Waals surface area contributed by atoms with Crippen molar-refractivity contribution in [2.45, 2.75) is 20.3 Å². The highest BCUT2D eigenvalue weighted by Crippen LogP contribution is 2.27. The molecule has 3 nitrogen and oxygen atoms in total. The van der Waals surface area contributed by atoms with Crippen molar-refractivity contribution in [2.75, 3.05) is 6.54 Å². The molecule has 1 aromatic heterocycles. The number of H-pyrrole nitrogens is 1. The monoisotopic (exact) mass is 293 g/mol. The molecule has 0 saturated heterocycles. The molecule has 0 aliphatic carbocycles. The predicted octanol–water partition coefficient (Wildman–Crippen LogP) is 2.96. The van der Waals surface area contributed by atoms with E-state index in [2.05, 4.69) is 57.9 Å². The Morgan fingerprint density at radius 2 is 2.12 bits per heavy atom. The molecule has 3 N–H and O–H groups in total. The van der Waals surface area contributed by atoms with Crippen LogP contribution in [0, 0.1) is 13.8 Å². The van der Waals surface area contributed by atoms with E-state index in [1.165, 1.54) is 16.7 Å². The minimum absolute atomic E-state index is 0.618. The third kappa shape index (κ3) is 2.58. The minimum atomic E-state index is 0.618. The topological polar surface area (TPSA) is 54.7 Å². The zero-order chi connectivity index (χ0) is 12.4. The fourth-order valence-electron chi connectivity index (χ4n) is 1.92. The van der Waals surface area contributed by atoms with Crippen molar-refractivity contribution in [3.8, 4) is 11.3 Å². The van der Waals surface area contributed by atoms with Crippen molar-refractivity contribution < 1.29 is 0 Å². The summed E-state index contributed by atoms with van der Waals surface area (Å²) in [6.07, 6.45) is 0.807. The van der Waals surface area contributed by atoms with Crippen molar-refractivity contribution in [3.63, 3.8) is 0 Å². The fraction of sp³-hybridized carbons (Fsp3) is 0.308. The lowest BCUT2D eigenvalue weighted by atomic mass is 10.0. The van der Waals surface area contributed by atoms with E-state index in [0.717, 1.165) is 22.5 Å². The van der Waals surface area contributed by atoms with Crippen LogP contribution in [-0.4, -0.2) is 16.5 Å². The second-order valence-electron chi connectivity index (χ2n) is 4.21. The van der Waals surface area contributed by atoms with E-state index in [9.17, 15) is 0 Å². The van der Waals surface area contributed by atoms with Crippen molar-refractivity contribution in [2.24, 2.45) is 5.73 Å². The molecular weight excluding hydrogens is 278 g/mol. The number of rotatable bonds is 3. The second-order valence-corrected chi connectivity index (χ2v) is 4.96. The number of nitrogens with zero attached hydrogens (tertiary/aromatic N) is 1. The number of aromatic nitrogens is 2. The van der Waals surface area contributed by atoms with Crippen LogP contribution in [0.4, 0.5) is 0 Å². The molecule has 1 aromatic carbocycles. The Balaban J connectivity index is 2.55. The van der Waals surface area contributed by atoms with Gasteiger partial charge >= 0.3 is 0 Å². The van der Waals surface area contributed by atoms with Gasteiger partial charge in [0.2, 0.25) is 0 Å². The molecule has 90 valence electrons. The first-order valence-electron chi connectivity index (χ1n) is 5.64. The largest absolute Gasteiger partial charge is 0.336 e. The Bertz CT molecular complexity index is 531. The third-order valence-electron chi connectivity index (χ3n) is 2.79. The summed E-state index contributed by atoms with van der Waals surface area (Å²) in [4.78, 5) is 7.72. The van der Waals surface area contributed by atoms with Crippen LogP contribution < -0.4 is 5.73 Å². The lowest BCUT2D eigenvalue weighted by molar-refractivity contribution is 0.933. The summed E-state index contributed by atoms with van der Waals surface area (Å²) >= 11 is 3.39. The second kappa shape index (κ2) is 5.02. The Kier molecular flexibility index (Phi) is 3.64. The number of hydrogen-bond acceptors (Lipinski definition) is 2. The number of hydrogen-bond donors (Lipinski definition) is 2. The number of imidazole rings is 1. The van der Waals surface area contributed by atoms with Crippen LogP contribution in [0.5, 0.6) is 0 Å². The summed E-state index contributed by atoms with van der Waals surface area (Å²) in [5.74, 6) is 0. The molecule has 0 bridgehead atoms. The molecule has 1 heterocycles. The van der Waals surface area contributed by atoms with Gasteiger partial charge in [-0.25, -0.2) is 4.98 Å². The predicted molar refractivity (Wildman–Crippen MR) is 74.0 cm³/mol. The average molecular weight is 294 g/mol. The molecule has 0 radical (unpaired) electrons. The third-order valence-corrected chi connectivity index (χ3v) is 3.17. The van der Waals surface area contributed by atoms with E-state index >= 15 is 0 Å². The van der Waals surface area contributed by atoms with Gasteiger partial charge < -0.3 is 10.7 Å². The van der Waals surface area contributed by atoms with Gasteiger partial charge in [-0.2, -0.15) is 0 Å². The summed E-state index contributed by atoms with van der Waals surface area (Å²) in [5.41, 5.74) is 11.4. The molecular formula is C13H16BrN3. The molecule has 0 aliphatic rings. The van der Waals surface area contributed by atoms with Gasteiger partial charge in [-0.15, -0.1) is 0 Å². The van der Waals surface area contributed by atoms with Crippen LogP contribution in [-0.2, 0) is 6.42 Å². The van der Waals surface area contributed by atoms with E-state index in [1.807, 2.05) is 0 Å². The summed E-state index contributed by atoms with van der Waals surface area (Å²) in [7, 11) is 0. The van der Waals surface area contributed by atoms with Crippen molar-refractivity contribution in [1.29, 1.82) is 0 Å². The Labute approximate surface area is 110 Å². The Morgan fingerprint density at radius 3 is 2.82 bits per heavy atom. The first-order chi connectivity index (χ1) is 8.11. The van der Waals surface area contributed by atoms with Crippen LogP contribution in [0.1, 0.15) is 16.8 Å². The average Bonchev–Trinajstić information content (AvgIpc) is 2.64. The smallest absolute Gasteiger partial charge is 0.175 e. The van der Waals surface area contributed by atoms with E-state index in [-0.39, 0.29) is 0 Å². The molecule has 0 aliphatic heterocycles. The molecule has 0 unspecified atom stereocenters. The van der Waals surface area contributed by atoms with E-state index in [0.29, 0.717) is 6.54 Å². The Morgan fingerprint density at radius 1 is 1.35 bits per heavy atom. The zero-order valence-corrected chi connectivity index (χ0v) is 11.6. The van der Waals surface area contributed by atoms with E-state index in [1.54, 1.807) is 0 Å². The van der Waals surface area contributed by atoms with E-state index in [4.69, 9.17) is 5.73 Å². The highest BCUT2D eigenvalue weighted by molar-refractivity contribution is 9.10. The number of nitrogens with two attached hydrogens (primary N) is 1. The van der Waals surface area contributed by atoms with Crippen LogP contribution in [0.2, 0.25) is 0 Å². The summed E-state index contributed by atoms with van der Waals surface area (Å²) in [6, 6.07) is 6.40. The number of aryl methyl sites for hydroxylation is 2. The maximum absolute atomic E-state index is 5.62. The van der Waals surface area contributed by atoms with Gasteiger partial charge in [0, 0.05) is 17.7 Å². The molecule has 17 heavy (non-hydrogen) atoms. The van der Waals surface area contributed by atoms with Gasteiger partial charge in [-0.1, -0.05) is 17.7 Å². The fourth-order valence-corrected chi connectivity index (χ4v) is 2.33. The van der Waals surface area contributed by atoms with Gasteiger partial charge in [0.15, 0.2) is 4.73 Å². The molecule has 0 amide bonds. The van der Waals surface area contributed by atoms with Crippen LogP contribution in [0.15, 0.2) is 22.9 Å². The summed E-state index contributed by atoms with van der Waals surface area (Å²) < 4.78 is 0.761. The standard InChI is InChI=1S/C13H16BrN3/c1-8-3-4-9(2)10(7-8)12-11(5-6-15)16-13(14)17-12/h3-4,7H,5-6,15H2,1-2H3,(H,16,17). The van der Waals surface area contributed by atoms with Crippen molar-refractivity contribution >= 4 is 15.9 Å². The number of nitrogens with one attached hydrogen (secondary N) is 1. The van der Waals surface area contributed by atoms with Crippen molar-refractivity contribution in [3.05, 3.63) is 39.8 Å². The van der Waals surface area contributed by atoms with Crippen LogP contribution in [0.3, 0.4) is 0 Å². The highest BCUT2D eigenvalue weighted by atomic mass is 79.9. The number of halogens is 1. The van der Waals surface area contributed by atoms with Crippen LogP contribution in [0.25, 0.3) is 11.3 Å². The molecule has 0 fully saturated rings. The highest BCUT2D eigenvalue weighted by Gasteiger charge is 2.12. The van der Waals surface area contributed by atoms with Crippen LogP contribution >= 0.6 is 15.9 Å². The first-order valence-corrected chi connectivity index (χ1v) is 6.43. The summed E-state index contributed by atoms with van der Waals surface area (Å²) in [6.45, 7) is 4.81. The van der Waals surface area contributed by atoms with Crippen molar-refractivity contribution in [1.82, 2.24) is 9.97 Å². The lowest BCUT2D eigenvalue weighted by Gasteiger charge is -2.06. The van der Waals surface area contributed by atoms with Gasteiger partial charge in [-0.05, 0) is 48.0 Å². The summed E-state index contributed by atoms with van der Waals surface area (Å²) in [5, 5.41) is 0. The van der Waals surface area contributed by atoms with Gasteiger partial charge in [0.25, 0.3) is 0 Å². The molecule has 2 rings (SSSR count). The van der Waals surface area contributed by atoms with E-state index < -0.39 is 0 Å². The molecule has 0 atom stereocenters. The molecule has 4 heteroatoms. The maximum atomic E-state index is 5.62. The Hall–Kier alpha value is -1.13. The zero-order valence-electron chi connectivity index (χ0n) is 10.0. The molecule has 0 saturated carbocycles. The quantitative estimate of drug-likeness (QED) is 0.914. The maximum Gasteiger partial charge on any atom is 0.175 e. The SMILES string of the molecule is Cc1ccc(C)c(-c2nc(Br)[nH]c2CCN)c1. The minimum Gasteiger partial charge on any atom is -0.336 e. The number of benzene rings is 1. The molecule has 0 spiro atoms. The molecule has 2 aromatic rings. The lowest BCUT2D eigenvalue weighted by Crippen LogP contribution is -2.04. The number of aromatic amines is 1. The first kappa shape index (κ1) is 12.3. The van der Waals surface area contributed by atoms with Gasteiger partial charge in [0.05, 0.1) is 5.69 Å². The van der Waals surface area contributed by atoms with Gasteiger partial charge in [-0.3, -0.25) is 0 Å².